The number of aliphatic hydroxyl groups is 1. The van der Waals surface area contributed by atoms with Crippen LogP contribution in [0.15, 0.2) is 24.3 Å². The van der Waals surface area contributed by atoms with Crippen molar-refractivity contribution in [2.45, 2.75) is 31.1 Å². The van der Waals surface area contributed by atoms with Crippen LogP contribution >= 0.6 is 12.4 Å². The molecule has 8 heteroatoms. The first kappa shape index (κ1) is 23.2. The molecule has 0 radical (unpaired) electrons. The second-order valence-corrected chi connectivity index (χ2v) is 9.81. The molecule has 1 N–H and O–H groups in total. The van der Waals surface area contributed by atoms with E-state index < -0.39 is 20.9 Å². The molecule has 26 heavy (non-hydrogen) atoms. The van der Waals surface area contributed by atoms with Crippen LogP contribution in [0.25, 0.3) is 0 Å². The summed E-state index contributed by atoms with van der Waals surface area (Å²) in [6.07, 6.45) is 0.366. The number of piperidine rings is 1. The maximum Gasteiger partial charge on any atom is 0.216 e. The number of sulfonamides is 1. The lowest BCUT2D eigenvalue weighted by molar-refractivity contribution is -0.0699. The molecule has 1 aromatic carbocycles. The highest BCUT2D eigenvalue weighted by molar-refractivity contribution is 7.89. The van der Waals surface area contributed by atoms with Crippen LogP contribution in [0, 0.1) is 5.92 Å². The Morgan fingerprint density at radius 2 is 2.04 bits per heavy atom. The van der Waals surface area contributed by atoms with Crippen LogP contribution in [0.1, 0.15) is 25.8 Å². The summed E-state index contributed by atoms with van der Waals surface area (Å²) in [4.78, 5) is 1.99. The molecule has 0 spiro atoms. The smallest absolute Gasteiger partial charge is 0.216 e. The Labute approximate surface area is 163 Å². The molecule has 1 aliphatic heterocycles. The number of benzene rings is 1. The van der Waals surface area contributed by atoms with Crippen LogP contribution in [-0.4, -0.2) is 68.8 Å². The summed E-state index contributed by atoms with van der Waals surface area (Å²) in [5.41, 5.74) is -0.303. The third kappa shape index (κ3) is 4.70. The fraction of sp³-hybridized carbons (Fsp3) is 0.667. The van der Waals surface area contributed by atoms with E-state index in [4.69, 9.17) is 4.74 Å². The number of hydrogen-bond donors (Lipinski definition) is 1. The van der Waals surface area contributed by atoms with E-state index in [1.54, 1.807) is 21.0 Å². The highest BCUT2D eigenvalue weighted by Crippen LogP contribution is 2.40. The number of hydrogen-bond acceptors (Lipinski definition) is 5. The van der Waals surface area contributed by atoms with Gasteiger partial charge in [-0.05, 0) is 52.1 Å². The van der Waals surface area contributed by atoms with Crippen LogP contribution in [-0.2, 0) is 15.6 Å². The van der Waals surface area contributed by atoms with E-state index in [2.05, 4.69) is 0 Å². The zero-order chi connectivity index (χ0) is 18.8. The summed E-state index contributed by atoms with van der Waals surface area (Å²) in [7, 11) is 2.13. The predicted octanol–water partition coefficient (Wildman–Crippen LogP) is 1.93. The minimum absolute atomic E-state index is 0. The van der Waals surface area contributed by atoms with Crippen molar-refractivity contribution in [3.8, 4) is 5.75 Å². The molecular formula is C18H31ClN2O4S. The van der Waals surface area contributed by atoms with E-state index in [0.29, 0.717) is 31.8 Å². The van der Waals surface area contributed by atoms with Gasteiger partial charge in [-0.3, -0.25) is 0 Å². The average Bonchev–Trinajstić information content (AvgIpc) is 2.56. The zero-order valence-corrected chi connectivity index (χ0v) is 17.8. The van der Waals surface area contributed by atoms with Crippen LogP contribution in [0.3, 0.4) is 0 Å². The van der Waals surface area contributed by atoms with Crippen molar-refractivity contribution in [2.75, 3.05) is 40.8 Å². The van der Waals surface area contributed by atoms with Gasteiger partial charge in [0.15, 0.2) is 0 Å². The first-order valence-corrected chi connectivity index (χ1v) is 10.1. The highest BCUT2D eigenvalue weighted by Gasteiger charge is 2.46. The molecule has 1 fully saturated rings. The molecule has 1 heterocycles. The van der Waals surface area contributed by atoms with Gasteiger partial charge in [-0.2, -0.15) is 0 Å². The van der Waals surface area contributed by atoms with E-state index in [0.717, 1.165) is 5.56 Å². The number of nitrogens with zero attached hydrogens (tertiary/aromatic N) is 2. The lowest BCUT2D eigenvalue weighted by Gasteiger charge is -2.45. The summed E-state index contributed by atoms with van der Waals surface area (Å²) in [6.45, 7) is 4.61. The third-order valence-electron chi connectivity index (χ3n) is 4.95. The third-order valence-corrected chi connectivity index (χ3v) is 7.20. The Kier molecular flexibility index (Phi) is 7.92. The molecule has 6 nitrogen and oxygen atoms in total. The number of methoxy groups -OCH3 is 1. The second-order valence-electron chi connectivity index (χ2n) is 7.32. The Morgan fingerprint density at radius 3 is 2.58 bits per heavy atom. The molecule has 2 unspecified atom stereocenters. The van der Waals surface area contributed by atoms with Crippen LogP contribution in [0.5, 0.6) is 5.75 Å². The largest absolute Gasteiger partial charge is 0.497 e. The minimum atomic E-state index is -3.33. The number of rotatable bonds is 6. The molecule has 1 saturated heterocycles. The van der Waals surface area contributed by atoms with Gasteiger partial charge in [-0.25, -0.2) is 12.7 Å². The molecule has 150 valence electrons. The summed E-state index contributed by atoms with van der Waals surface area (Å²) in [6, 6.07) is 7.43. The Balaban J connectivity index is 0.00000338. The molecule has 0 saturated carbocycles. The van der Waals surface area contributed by atoms with Crippen molar-refractivity contribution in [3.05, 3.63) is 29.8 Å². The quantitative estimate of drug-likeness (QED) is 0.781. The maximum absolute atomic E-state index is 12.6. The lowest BCUT2D eigenvalue weighted by Crippen LogP contribution is -2.55. The van der Waals surface area contributed by atoms with Crippen molar-refractivity contribution >= 4 is 22.4 Å². The van der Waals surface area contributed by atoms with Crippen molar-refractivity contribution in [2.24, 2.45) is 5.92 Å². The van der Waals surface area contributed by atoms with Crippen LogP contribution in [0.2, 0.25) is 0 Å². The van der Waals surface area contributed by atoms with Gasteiger partial charge in [0.05, 0.1) is 18.0 Å². The van der Waals surface area contributed by atoms with Gasteiger partial charge < -0.3 is 14.7 Å². The molecule has 2 rings (SSSR count). The predicted molar refractivity (Wildman–Crippen MR) is 106 cm³/mol. The fourth-order valence-electron chi connectivity index (χ4n) is 3.44. The summed E-state index contributed by atoms with van der Waals surface area (Å²) < 4.78 is 32.0. The Hall–Kier alpha value is -0.860. The van der Waals surface area contributed by atoms with Crippen LogP contribution in [0.4, 0.5) is 0 Å². The molecular weight excluding hydrogens is 376 g/mol. The van der Waals surface area contributed by atoms with Gasteiger partial charge in [0.25, 0.3) is 0 Å². The van der Waals surface area contributed by atoms with E-state index in [1.807, 2.05) is 43.3 Å². The summed E-state index contributed by atoms with van der Waals surface area (Å²) in [5, 5.41) is 11.0. The van der Waals surface area contributed by atoms with E-state index in [9.17, 15) is 13.5 Å². The summed E-state index contributed by atoms with van der Waals surface area (Å²) >= 11 is 0. The number of halogens is 1. The standard InChI is InChI=1S/C18H30N2O4S.ClH/c1-14(2)25(22,23)20-10-9-18(21,16(13-20)12-19(3)4)15-7-6-8-17(11-15)24-5;/h6-8,11,14,16,21H,9-10,12-13H2,1-5H3;1H. The second kappa shape index (κ2) is 8.89. The zero-order valence-electron chi connectivity index (χ0n) is 16.2. The van der Waals surface area contributed by atoms with Crippen LogP contribution < -0.4 is 4.74 Å². The number of ether oxygens (including phenoxy) is 1. The molecule has 2 atom stereocenters. The molecule has 1 aliphatic rings. The van der Waals surface area contributed by atoms with Crippen molar-refractivity contribution in [3.63, 3.8) is 0 Å². The maximum atomic E-state index is 12.6. The van der Waals surface area contributed by atoms with E-state index in [1.165, 1.54) is 4.31 Å². The SMILES string of the molecule is COc1cccc(C2(O)CCN(S(=O)(=O)C(C)C)CC2CN(C)C)c1.Cl. The van der Waals surface area contributed by atoms with E-state index in [-0.39, 0.29) is 18.3 Å². The fourth-order valence-corrected chi connectivity index (χ4v) is 4.77. The molecule has 0 aliphatic carbocycles. The highest BCUT2D eigenvalue weighted by atomic mass is 35.5. The molecule has 0 aromatic heterocycles. The van der Waals surface area contributed by atoms with E-state index >= 15 is 0 Å². The van der Waals surface area contributed by atoms with Gasteiger partial charge >= 0.3 is 0 Å². The monoisotopic (exact) mass is 406 g/mol. The van der Waals surface area contributed by atoms with Gasteiger partial charge in [0.2, 0.25) is 10.0 Å². The molecule has 1 aromatic rings. The first-order chi connectivity index (χ1) is 11.6. The lowest BCUT2D eigenvalue weighted by atomic mass is 9.76. The van der Waals surface area contributed by atoms with Crippen molar-refractivity contribution in [1.82, 2.24) is 9.21 Å². The van der Waals surface area contributed by atoms with Gasteiger partial charge in [-0.15, -0.1) is 12.4 Å². The minimum Gasteiger partial charge on any atom is -0.497 e. The van der Waals surface area contributed by atoms with Gasteiger partial charge in [-0.1, -0.05) is 12.1 Å². The normalized spacial score (nSPS) is 24.5. The van der Waals surface area contributed by atoms with Gasteiger partial charge in [0.1, 0.15) is 5.75 Å². The van der Waals surface area contributed by atoms with Crippen molar-refractivity contribution < 1.29 is 18.3 Å². The Bertz CT molecular complexity index is 696. The summed E-state index contributed by atoms with van der Waals surface area (Å²) in [5.74, 6) is 0.462. The van der Waals surface area contributed by atoms with Crippen molar-refractivity contribution in [1.29, 1.82) is 0 Å². The average molecular weight is 407 g/mol. The molecule has 0 amide bonds. The molecule has 0 bridgehead atoms. The van der Waals surface area contributed by atoms with Gasteiger partial charge in [0, 0.05) is 25.6 Å². The Morgan fingerprint density at radius 1 is 1.38 bits per heavy atom. The topological polar surface area (TPSA) is 70.1 Å². The first-order valence-electron chi connectivity index (χ1n) is 8.62.